The van der Waals surface area contributed by atoms with Gasteiger partial charge in [0, 0.05) is 20.1 Å². The minimum atomic E-state index is -3.64. The molecule has 0 aliphatic carbocycles. The lowest BCUT2D eigenvalue weighted by Crippen LogP contribution is -2.42. The SMILES string of the molecule is CCc1nc(-c2nnn(C)c2COS(C)(=O)=O)ccc1N1C[C@@H](F)C[C@H](CC(=O)OC)C1. The topological polar surface area (TPSA) is 117 Å². The minimum Gasteiger partial charge on any atom is -0.469 e. The molecule has 12 heteroatoms. The molecule has 0 saturated carbocycles. The van der Waals surface area contributed by atoms with Gasteiger partial charge in [-0.3, -0.25) is 8.98 Å². The van der Waals surface area contributed by atoms with Gasteiger partial charge in [0.15, 0.2) is 0 Å². The summed E-state index contributed by atoms with van der Waals surface area (Å²) in [5.74, 6) is -0.491. The average molecular weight is 470 g/mol. The summed E-state index contributed by atoms with van der Waals surface area (Å²) in [6, 6.07) is 3.60. The van der Waals surface area contributed by atoms with Crippen molar-refractivity contribution in [2.24, 2.45) is 13.0 Å². The third-order valence-electron chi connectivity index (χ3n) is 5.39. The van der Waals surface area contributed by atoms with Crippen LogP contribution in [0.2, 0.25) is 0 Å². The van der Waals surface area contributed by atoms with Gasteiger partial charge >= 0.3 is 5.97 Å². The lowest BCUT2D eigenvalue weighted by atomic mass is 9.93. The van der Waals surface area contributed by atoms with Crippen molar-refractivity contribution in [3.8, 4) is 11.4 Å². The Hall–Kier alpha value is -2.60. The Morgan fingerprint density at radius 1 is 1.31 bits per heavy atom. The number of hydrogen-bond donors (Lipinski definition) is 0. The fourth-order valence-corrected chi connectivity index (χ4v) is 4.20. The molecule has 3 rings (SSSR count). The molecule has 0 N–H and O–H groups in total. The summed E-state index contributed by atoms with van der Waals surface area (Å²) in [4.78, 5) is 18.3. The molecule has 0 spiro atoms. The highest BCUT2D eigenvalue weighted by molar-refractivity contribution is 7.85. The Morgan fingerprint density at radius 2 is 2.06 bits per heavy atom. The number of aromatic nitrogens is 4. The van der Waals surface area contributed by atoms with Crippen molar-refractivity contribution in [3.63, 3.8) is 0 Å². The van der Waals surface area contributed by atoms with Gasteiger partial charge in [-0.1, -0.05) is 12.1 Å². The molecular weight excluding hydrogens is 441 g/mol. The van der Waals surface area contributed by atoms with E-state index in [0.29, 0.717) is 36.5 Å². The van der Waals surface area contributed by atoms with Crippen LogP contribution in [0.5, 0.6) is 0 Å². The van der Waals surface area contributed by atoms with E-state index in [1.807, 2.05) is 17.9 Å². The van der Waals surface area contributed by atoms with Crippen LogP contribution in [0.3, 0.4) is 0 Å². The number of halogens is 1. The fraction of sp³-hybridized carbons (Fsp3) is 0.600. The van der Waals surface area contributed by atoms with Crippen LogP contribution in [0.25, 0.3) is 11.4 Å². The van der Waals surface area contributed by atoms with Crippen molar-refractivity contribution in [1.29, 1.82) is 0 Å². The number of pyridine rings is 1. The van der Waals surface area contributed by atoms with Gasteiger partial charge in [0.05, 0.1) is 42.6 Å². The van der Waals surface area contributed by atoms with E-state index in [2.05, 4.69) is 10.3 Å². The average Bonchev–Trinajstić information content (AvgIpc) is 3.11. The summed E-state index contributed by atoms with van der Waals surface area (Å²) in [6.45, 7) is 2.49. The molecule has 2 aromatic heterocycles. The second kappa shape index (κ2) is 9.90. The highest BCUT2D eigenvalue weighted by Crippen LogP contribution is 2.31. The Labute approximate surface area is 186 Å². The molecule has 0 aromatic carbocycles. The zero-order chi connectivity index (χ0) is 23.5. The number of esters is 1. The third-order valence-corrected chi connectivity index (χ3v) is 5.94. The van der Waals surface area contributed by atoms with Crippen molar-refractivity contribution >= 4 is 21.8 Å². The van der Waals surface area contributed by atoms with Crippen LogP contribution >= 0.6 is 0 Å². The second-order valence-corrected chi connectivity index (χ2v) is 9.52. The van der Waals surface area contributed by atoms with E-state index in [1.54, 1.807) is 13.1 Å². The molecular formula is C20H28FN5O5S. The van der Waals surface area contributed by atoms with Crippen LogP contribution in [0, 0.1) is 5.92 Å². The Balaban J connectivity index is 1.88. The molecule has 1 aliphatic rings. The zero-order valence-electron chi connectivity index (χ0n) is 18.6. The molecule has 3 heterocycles. The highest BCUT2D eigenvalue weighted by Gasteiger charge is 2.30. The summed E-state index contributed by atoms with van der Waals surface area (Å²) >= 11 is 0. The number of nitrogens with zero attached hydrogens (tertiary/aromatic N) is 5. The maximum Gasteiger partial charge on any atom is 0.305 e. The van der Waals surface area contributed by atoms with Gasteiger partial charge in [0.25, 0.3) is 10.1 Å². The van der Waals surface area contributed by atoms with Crippen LogP contribution in [0.1, 0.15) is 31.2 Å². The van der Waals surface area contributed by atoms with Crippen molar-refractivity contribution in [1.82, 2.24) is 20.0 Å². The molecule has 1 aliphatic heterocycles. The molecule has 0 radical (unpaired) electrons. The number of anilines is 1. The van der Waals surface area contributed by atoms with Crippen LogP contribution in [0.4, 0.5) is 10.1 Å². The van der Waals surface area contributed by atoms with Crippen LogP contribution in [-0.2, 0) is 43.9 Å². The quantitative estimate of drug-likeness (QED) is 0.420. The minimum absolute atomic E-state index is 0.143. The van der Waals surface area contributed by atoms with E-state index < -0.39 is 16.3 Å². The standard InChI is InChI=1S/C20H28FN5O5S/c1-5-15-17(26-10-13(8-14(21)11-26)9-19(27)30-3)7-6-16(22-15)20-18(25(2)24-23-20)12-31-32(4,28)29/h6-7,13-14H,5,8-12H2,1-4H3/t13-,14+/m1/s1. The molecule has 32 heavy (non-hydrogen) atoms. The second-order valence-electron chi connectivity index (χ2n) is 7.87. The number of piperidine rings is 1. The van der Waals surface area contributed by atoms with E-state index in [1.165, 1.54) is 11.8 Å². The number of rotatable bonds is 8. The van der Waals surface area contributed by atoms with Gasteiger partial charge in [-0.15, -0.1) is 5.10 Å². The molecule has 176 valence electrons. The molecule has 1 saturated heterocycles. The van der Waals surface area contributed by atoms with Crippen LogP contribution in [0.15, 0.2) is 12.1 Å². The molecule has 1 fully saturated rings. The molecule has 0 bridgehead atoms. The van der Waals surface area contributed by atoms with E-state index in [0.717, 1.165) is 17.6 Å². The normalized spacial score (nSPS) is 19.2. The maximum atomic E-state index is 14.4. The number of methoxy groups -OCH3 is 1. The maximum absolute atomic E-state index is 14.4. The predicted octanol–water partition coefficient (Wildman–Crippen LogP) is 1.64. The van der Waals surface area contributed by atoms with Crippen LogP contribution in [-0.4, -0.2) is 67.0 Å². The monoisotopic (exact) mass is 469 g/mol. The predicted molar refractivity (Wildman–Crippen MR) is 115 cm³/mol. The van der Waals surface area contributed by atoms with Crippen molar-refractivity contribution in [2.75, 3.05) is 31.4 Å². The number of alkyl halides is 1. The first-order chi connectivity index (χ1) is 15.1. The summed E-state index contributed by atoms with van der Waals surface area (Å²) in [6.07, 6.45) is 1.00. The van der Waals surface area contributed by atoms with Gasteiger partial charge in [-0.05, 0) is 30.9 Å². The number of ether oxygens (including phenoxy) is 1. The number of aryl methyl sites for hydroxylation is 2. The zero-order valence-corrected chi connectivity index (χ0v) is 19.4. The van der Waals surface area contributed by atoms with E-state index in [-0.39, 0.29) is 31.5 Å². The van der Waals surface area contributed by atoms with Crippen LogP contribution < -0.4 is 4.90 Å². The smallest absolute Gasteiger partial charge is 0.305 e. The molecule has 10 nitrogen and oxygen atoms in total. The first-order valence-electron chi connectivity index (χ1n) is 10.3. The van der Waals surface area contributed by atoms with Gasteiger partial charge in [0.2, 0.25) is 0 Å². The Morgan fingerprint density at radius 3 is 2.72 bits per heavy atom. The number of carbonyl (C=O) groups is 1. The van der Waals surface area contributed by atoms with Gasteiger partial charge < -0.3 is 9.64 Å². The van der Waals surface area contributed by atoms with Gasteiger partial charge in [-0.25, -0.2) is 14.1 Å². The molecule has 2 aromatic rings. The van der Waals surface area contributed by atoms with Gasteiger partial charge in [0.1, 0.15) is 18.5 Å². The lowest BCUT2D eigenvalue weighted by Gasteiger charge is -2.36. The van der Waals surface area contributed by atoms with Gasteiger partial charge in [-0.2, -0.15) is 8.42 Å². The fourth-order valence-electron chi connectivity index (χ4n) is 3.87. The lowest BCUT2D eigenvalue weighted by molar-refractivity contribution is -0.141. The summed E-state index contributed by atoms with van der Waals surface area (Å²) < 4.78 is 48.3. The molecule has 0 amide bonds. The first kappa shape index (κ1) is 24.1. The van der Waals surface area contributed by atoms with E-state index in [4.69, 9.17) is 13.9 Å². The first-order valence-corrected chi connectivity index (χ1v) is 12.1. The number of hydrogen-bond acceptors (Lipinski definition) is 9. The van der Waals surface area contributed by atoms with Crippen molar-refractivity contribution < 1.29 is 26.5 Å². The summed E-state index contributed by atoms with van der Waals surface area (Å²) in [5, 5.41) is 8.09. The third kappa shape index (κ3) is 5.80. The summed E-state index contributed by atoms with van der Waals surface area (Å²) in [7, 11) is -0.665. The Kier molecular flexibility index (Phi) is 7.44. The van der Waals surface area contributed by atoms with Crippen molar-refractivity contribution in [3.05, 3.63) is 23.5 Å². The van der Waals surface area contributed by atoms with E-state index in [9.17, 15) is 17.6 Å². The molecule has 2 atom stereocenters. The largest absolute Gasteiger partial charge is 0.469 e. The van der Waals surface area contributed by atoms with E-state index >= 15 is 0 Å². The molecule has 0 unspecified atom stereocenters. The summed E-state index contributed by atoms with van der Waals surface area (Å²) in [5.41, 5.74) is 2.95. The Bertz CT molecular complexity index is 1070. The number of carbonyl (C=O) groups excluding carboxylic acids is 1. The van der Waals surface area contributed by atoms with Crippen molar-refractivity contribution in [2.45, 2.75) is 39.0 Å². The highest BCUT2D eigenvalue weighted by atomic mass is 32.2.